The lowest BCUT2D eigenvalue weighted by Crippen LogP contribution is -2.54. The third-order valence-corrected chi connectivity index (χ3v) is 3.55. The molecule has 1 rings (SSSR count). The normalized spacial score (nSPS) is 21.2. The van der Waals surface area contributed by atoms with Gasteiger partial charge in [0.15, 0.2) is 0 Å². The molecular weight excluding hydrogens is 230 g/mol. The zero-order chi connectivity index (χ0) is 13.4. The Bertz CT molecular complexity index is 253. The highest BCUT2D eigenvalue weighted by molar-refractivity contribution is 5.84. The third kappa shape index (κ3) is 4.92. The first-order valence-corrected chi connectivity index (χ1v) is 6.93. The van der Waals surface area contributed by atoms with E-state index in [9.17, 15) is 4.79 Å². The molecule has 1 unspecified atom stereocenters. The summed E-state index contributed by atoms with van der Waals surface area (Å²) in [6, 6.07) is 0. The fraction of sp³-hybridized carbons (Fsp3) is 0.923. The number of amides is 1. The van der Waals surface area contributed by atoms with E-state index in [4.69, 9.17) is 10.5 Å². The molecule has 0 aromatic carbocycles. The van der Waals surface area contributed by atoms with E-state index in [2.05, 4.69) is 17.1 Å². The standard InChI is InChI=1S/C13H27N3O2/c1-3-6-15-13(2,12(14)17)5-8-16-7-4-10-18-11-9-16/h15H,3-11H2,1-2H3,(H2,14,17). The smallest absolute Gasteiger partial charge is 0.237 e. The average molecular weight is 257 g/mol. The number of carbonyl (C=O) groups excluding carboxylic acids is 1. The molecule has 106 valence electrons. The minimum absolute atomic E-state index is 0.262. The molecule has 5 nitrogen and oxygen atoms in total. The molecule has 1 aliphatic heterocycles. The molecule has 0 bridgehead atoms. The molecule has 0 aromatic rings. The number of nitrogens with zero attached hydrogens (tertiary/aromatic N) is 1. The van der Waals surface area contributed by atoms with E-state index in [1.54, 1.807) is 0 Å². The molecule has 1 amide bonds. The minimum atomic E-state index is -0.594. The summed E-state index contributed by atoms with van der Waals surface area (Å²) in [5.41, 5.74) is 4.92. The maximum Gasteiger partial charge on any atom is 0.237 e. The molecule has 18 heavy (non-hydrogen) atoms. The number of nitrogens with two attached hydrogens (primary N) is 1. The van der Waals surface area contributed by atoms with Crippen LogP contribution in [0, 0.1) is 0 Å². The van der Waals surface area contributed by atoms with Gasteiger partial charge < -0.3 is 20.7 Å². The molecule has 3 N–H and O–H groups in total. The Hall–Kier alpha value is -0.650. The predicted molar refractivity (Wildman–Crippen MR) is 72.4 cm³/mol. The molecule has 0 saturated carbocycles. The number of hydrogen-bond donors (Lipinski definition) is 2. The fourth-order valence-electron chi connectivity index (χ4n) is 2.10. The molecule has 1 saturated heterocycles. The Morgan fingerprint density at radius 2 is 2.22 bits per heavy atom. The first-order chi connectivity index (χ1) is 8.58. The Morgan fingerprint density at radius 1 is 1.44 bits per heavy atom. The van der Waals surface area contributed by atoms with E-state index in [0.29, 0.717) is 0 Å². The summed E-state index contributed by atoms with van der Waals surface area (Å²) < 4.78 is 5.42. The second-order valence-electron chi connectivity index (χ2n) is 5.18. The SMILES string of the molecule is CCCNC(C)(CCN1CCCOCC1)C(N)=O. The molecule has 5 heteroatoms. The van der Waals surface area contributed by atoms with Crippen molar-refractivity contribution in [3.05, 3.63) is 0 Å². The lowest BCUT2D eigenvalue weighted by atomic mass is 9.96. The lowest BCUT2D eigenvalue weighted by molar-refractivity contribution is -0.124. The van der Waals surface area contributed by atoms with Crippen molar-refractivity contribution in [3.63, 3.8) is 0 Å². The van der Waals surface area contributed by atoms with Gasteiger partial charge in [-0.25, -0.2) is 0 Å². The number of primary amides is 1. The van der Waals surface area contributed by atoms with E-state index in [1.807, 2.05) is 6.92 Å². The minimum Gasteiger partial charge on any atom is -0.380 e. The molecule has 0 spiro atoms. The summed E-state index contributed by atoms with van der Waals surface area (Å²) in [5.74, 6) is -0.262. The van der Waals surface area contributed by atoms with Gasteiger partial charge in [0.05, 0.1) is 12.1 Å². The Morgan fingerprint density at radius 3 is 2.89 bits per heavy atom. The van der Waals surface area contributed by atoms with Crippen LogP contribution in [0.25, 0.3) is 0 Å². The summed E-state index contributed by atoms with van der Waals surface area (Å²) in [6.07, 6.45) is 2.82. The predicted octanol–water partition coefficient (Wildman–Crippen LogP) is 0.342. The molecule has 1 atom stereocenters. The maximum absolute atomic E-state index is 11.6. The van der Waals surface area contributed by atoms with Crippen LogP contribution in [-0.2, 0) is 9.53 Å². The molecule has 1 fully saturated rings. The molecule has 0 radical (unpaired) electrons. The van der Waals surface area contributed by atoms with Crippen LogP contribution < -0.4 is 11.1 Å². The zero-order valence-corrected chi connectivity index (χ0v) is 11.7. The Labute approximate surface area is 110 Å². The van der Waals surface area contributed by atoms with Crippen molar-refractivity contribution in [2.75, 3.05) is 39.4 Å². The monoisotopic (exact) mass is 257 g/mol. The van der Waals surface area contributed by atoms with Crippen molar-refractivity contribution in [1.29, 1.82) is 0 Å². The number of hydrogen-bond acceptors (Lipinski definition) is 4. The molecule has 0 aliphatic carbocycles. The third-order valence-electron chi connectivity index (χ3n) is 3.55. The van der Waals surface area contributed by atoms with Gasteiger partial charge in [-0.1, -0.05) is 6.92 Å². The Balaban J connectivity index is 2.42. The largest absolute Gasteiger partial charge is 0.380 e. The van der Waals surface area contributed by atoms with E-state index < -0.39 is 5.54 Å². The second kappa shape index (κ2) is 7.71. The van der Waals surface area contributed by atoms with Gasteiger partial charge in [0.2, 0.25) is 5.91 Å². The van der Waals surface area contributed by atoms with E-state index in [0.717, 1.165) is 58.7 Å². The molecular formula is C13H27N3O2. The zero-order valence-electron chi connectivity index (χ0n) is 11.7. The van der Waals surface area contributed by atoms with E-state index >= 15 is 0 Å². The van der Waals surface area contributed by atoms with Crippen LogP contribution in [0.2, 0.25) is 0 Å². The van der Waals surface area contributed by atoms with Crippen molar-refractivity contribution < 1.29 is 9.53 Å². The van der Waals surface area contributed by atoms with Crippen LogP contribution in [0.4, 0.5) is 0 Å². The van der Waals surface area contributed by atoms with Crippen LogP contribution in [0.1, 0.15) is 33.1 Å². The summed E-state index contributed by atoms with van der Waals surface area (Å²) >= 11 is 0. The van der Waals surface area contributed by atoms with Crippen molar-refractivity contribution in [2.24, 2.45) is 5.73 Å². The van der Waals surface area contributed by atoms with Gasteiger partial charge in [-0.05, 0) is 32.7 Å². The van der Waals surface area contributed by atoms with Crippen LogP contribution in [-0.4, -0.2) is 55.7 Å². The molecule has 0 aromatic heterocycles. The average Bonchev–Trinajstić information content (AvgIpc) is 2.62. The van der Waals surface area contributed by atoms with Crippen LogP contribution in [0.3, 0.4) is 0 Å². The van der Waals surface area contributed by atoms with Gasteiger partial charge in [-0.15, -0.1) is 0 Å². The van der Waals surface area contributed by atoms with Gasteiger partial charge in [-0.3, -0.25) is 4.79 Å². The van der Waals surface area contributed by atoms with E-state index in [-0.39, 0.29) is 5.91 Å². The maximum atomic E-state index is 11.6. The van der Waals surface area contributed by atoms with Crippen molar-refractivity contribution in [2.45, 2.75) is 38.6 Å². The number of ether oxygens (including phenoxy) is 1. The number of rotatable bonds is 7. The van der Waals surface area contributed by atoms with Gasteiger partial charge >= 0.3 is 0 Å². The Kier molecular flexibility index (Phi) is 6.60. The quantitative estimate of drug-likeness (QED) is 0.690. The van der Waals surface area contributed by atoms with E-state index in [1.165, 1.54) is 0 Å². The molecule has 1 aliphatic rings. The highest BCUT2D eigenvalue weighted by Crippen LogP contribution is 2.11. The van der Waals surface area contributed by atoms with Crippen LogP contribution in [0.5, 0.6) is 0 Å². The van der Waals surface area contributed by atoms with Crippen molar-refractivity contribution in [3.8, 4) is 0 Å². The topological polar surface area (TPSA) is 67.6 Å². The first kappa shape index (κ1) is 15.4. The highest BCUT2D eigenvalue weighted by Gasteiger charge is 2.30. The summed E-state index contributed by atoms with van der Waals surface area (Å²) in [7, 11) is 0. The van der Waals surface area contributed by atoms with Crippen LogP contribution >= 0.6 is 0 Å². The fourth-order valence-corrected chi connectivity index (χ4v) is 2.10. The van der Waals surface area contributed by atoms with Gasteiger partial charge in [0, 0.05) is 26.2 Å². The summed E-state index contributed by atoms with van der Waals surface area (Å²) in [6.45, 7) is 9.32. The van der Waals surface area contributed by atoms with Crippen molar-refractivity contribution >= 4 is 5.91 Å². The lowest BCUT2D eigenvalue weighted by Gasteiger charge is -2.30. The summed E-state index contributed by atoms with van der Waals surface area (Å²) in [4.78, 5) is 13.9. The highest BCUT2D eigenvalue weighted by atomic mass is 16.5. The van der Waals surface area contributed by atoms with Crippen LogP contribution in [0.15, 0.2) is 0 Å². The molecule has 1 heterocycles. The van der Waals surface area contributed by atoms with Crippen molar-refractivity contribution in [1.82, 2.24) is 10.2 Å². The van der Waals surface area contributed by atoms with Gasteiger partial charge in [0.25, 0.3) is 0 Å². The summed E-state index contributed by atoms with van der Waals surface area (Å²) in [5, 5.41) is 3.27. The first-order valence-electron chi connectivity index (χ1n) is 6.93. The van der Waals surface area contributed by atoms with Gasteiger partial charge in [0.1, 0.15) is 0 Å². The second-order valence-corrected chi connectivity index (χ2v) is 5.18. The number of carbonyl (C=O) groups is 1. The van der Waals surface area contributed by atoms with Gasteiger partial charge in [-0.2, -0.15) is 0 Å². The number of nitrogens with one attached hydrogen (secondary N) is 1.